The first kappa shape index (κ1) is 18.8. The number of aryl methyl sites for hydroxylation is 1. The molecule has 2 heteroatoms. The molecule has 3 aromatic rings. The van der Waals surface area contributed by atoms with Gasteiger partial charge in [0, 0.05) is 24.2 Å². The predicted molar refractivity (Wildman–Crippen MR) is 113 cm³/mol. The third-order valence-corrected chi connectivity index (χ3v) is 4.69. The summed E-state index contributed by atoms with van der Waals surface area (Å²) in [6.07, 6.45) is 1.91. The van der Waals surface area contributed by atoms with E-state index in [1.54, 1.807) is 0 Å². The summed E-state index contributed by atoms with van der Waals surface area (Å²) in [5.74, 6) is 0.0697. The first-order chi connectivity index (χ1) is 13.1. The molecule has 0 heterocycles. The molecule has 0 aliphatic heterocycles. The molecule has 0 saturated carbocycles. The molecular formula is C25H25NO. The standard InChI is InChI=1S/C25H25NO/c1-4-16-26(3)18-20-10-12-21(13-11-20)23-14-15-24(19(2)17-23)25(27)22-8-6-5-7-9-22/h4-15,17H,1,16,18H2,2-3H3. The second-order valence-corrected chi connectivity index (χ2v) is 6.91. The van der Waals surface area contributed by atoms with Crippen molar-refractivity contribution in [3.63, 3.8) is 0 Å². The van der Waals surface area contributed by atoms with E-state index in [-0.39, 0.29) is 5.78 Å². The molecule has 0 unspecified atom stereocenters. The van der Waals surface area contributed by atoms with Crippen molar-refractivity contribution in [2.24, 2.45) is 0 Å². The number of rotatable bonds is 7. The maximum atomic E-state index is 12.7. The molecule has 3 aromatic carbocycles. The highest BCUT2D eigenvalue weighted by atomic mass is 16.1. The zero-order chi connectivity index (χ0) is 19.2. The molecule has 0 aliphatic rings. The third kappa shape index (κ3) is 4.60. The molecule has 0 amide bonds. The maximum Gasteiger partial charge on any atom is 0.193 e. The Morgan fingerprint density at radius 3 is 2.26 bits per heavy atom. The lowest BCUT2D eigenvalue weighted by molar-refractivity contribution is 0.103. The lowest BCUT2D eigenvalue weighted by atomic mass is 9.95. The van der Waals surface area contributed by atoms with Crippen LogP contribution >= 0.6 is 0 Å². The van der Waals surface area contributed by atoms with Gasteiger partial charge in [-0.2, -0.15) is 0 Å². The SMILES string of the molecule is C=CCN(C)Cc1ccc(-c2ccc(C(=O)c3ccccc3)c(C)c2)cc1. The van der Waals surface area contributed by atoms with Crippen LogP contribution in [0.5, 0.6) is 0 Å². The molecule has 0 spiro atoms. The highest BCUT2D eigenvalue weighted by Crippen LogP contribution is 2.24. The molecule has 0 bridgehead atoms. The van der Waals surface area contributed by atoms with Gasteiger partial charge >= 0.3 is 0 Å². The van der Waals surface area contributed by atoms with Crippen molar-refractivity contribution in [3.8, 4) is 11.1 Å². The Morgan fingerprint density at radius 2 is 1.63 bits per heavy atom. The predicted octanol–water partition coefficient (Wildman–Crippen LogP) is 5.51. The zero-order valence-corrected chi connectivity index (χ0v) is 16.0. The van der Waals surface area contributed by atoms with Crippen LogP contribution in [0.4, 0.5) is 0 Å². The number of hydrogen-bond acceptors (Lipinski definition) is 2. The lowest BCUT2D eigenvalue weighted by Crippen LogP contribution is -2.17. The van der Waals surface area contributed by atoms with Gasteiger partial charge in [-0.25, -0.2) is 0 Å². The summed E-state index contributed by atoms with van der Waals surface area (Å²) in [5, 5.41) is 0. The number of benzene rings is 3. The normalized spacial score (nSPS) is 10.8. The summed E-state index contributed by atoms with van der Waals surface area (Å²) in [6.45, 7) is 7.55. The van der Waals surface area contributed by atoms with Crippen LogP contribution in [0.1, 0.15) is 27.0 Å². The van der Waals surface area contributed by atoms with Crippen molar-refractivity contribution in [3.05, 3.63) is 108 Å². The average molecular weight is 355 g/mol. The Bertz CT molecular complexity index is 926. The molecular weight excluding hydrogens is 330 g/mol. The quantitative estimate of drug-likeness (QED) is 0.411. The fourth-order valence-electron chi connectivity index (χ4n) is 3.24. The maximum absolute atomic E-state index is 12.7. The number of hydrogen-bond donors (Lipinski definition) is 0. The molecule has 0 saturated heterocycles. The van der Waals surface area contributed by atoms with Crippen molar-refractivity contribution in [2.45, 2.75) is 13.5 Å². The van der Waals surface area contributed by atoms with Crippen LogP contribution in [0, 0.1) is 6.92 Å². The van der Waals surface area contributed by atoms with E-state index in [9.17, 15) is 4.79 Å². The topological polar surface area (TPSA) is 20.3 Å². The first-order valence-electron chi connectivity index (χ1n) is 9.17. The van der Waals surface area contributed by atoms with Gasteiger partial charge in [0.2, 0.25) is 0 Å². The molecule has 3 rings (SSSR count). The largest absolute Gasteiger partial charge is 0.298 e. The Balaban J connectivity index is 1.79. The van der Waals surface area contributed by atoms with E-state index in [0.717, 1.165) is 40.9 Å². The summed E-state index contributed by atoms with van der Waals surface area (Å²) in [4.78, 5) is 14.9. The van der Waals surface area contributed by atoms with Gasteiger partial charge in [-0.15, -0.1) is 6.58 Å². The van der Waals surface area contributed by atoms with E-state index >= 15 is 0 Å². The number of carbonyl (C=O) groups excluding carboxylic acids is 1. The zero-order valence-electron chi connectivity index (χ0n) is 16.0. The van der Waals surface area contributed by atoms with Gasteiger partial charge in [-0.05, 0) is 36.2 Å². The van der Waals surface area contributed by atoms with E-state index in [4.69, 9.17) is 0 Å². The second kappa shape index (κ2) is 8.61. The van der Waals surface area contributed by atoms with Gasteiger partial charge in [0.15, 0.2) is 5.78 Å². The van der Waals surface area contributed by atoms with Gasteiger partial charge in [0.05, 0.1) is 0 Å². The highest BCUT2D eigenvalue weighted by Gasteiger charge is 2.12. The van der Waals surface area contributed by atoms with Gasteiger partial charge in [0.25, 0.3) is 0 Å². The Morgan fingerprint density at radius 1 is 0.963 bits per heavy atom. The lowest BCUT2D eigenvalue weighted by Gasteiger charge is -2.14. The van der Waals surface area contributed by atoms with Gasteiger partial charge < -0.3 is 0 Å². The van der Waals surface area contributed by atoms with Crippen LogP contribution in [0.15, 0.2) is 85.5 Å². The summed E-state index contributed by atoms with van der Waals surface area (Å²) in [5.41, 5.74) is 6.04. The molecule has 136 valence electrons. The van der Waals surface area contributed by atoms with Crippen LogP contribution < -0.4 is 0 Å². The van der Waals surface area contributed by atoms with E-state index in [1.165, 1.54) is 5.56 Å². The molecule has 0 N–H and O–H groups in total. The Kier molecular flexibility index (Phi) is 6.00. The van der Waals surface area contributed by atoms with Crippen molar-refractivity contribution >= 4 is 5.78 Å². The van der Waals surface area contributed by atoms with Gasteiger partial charge in [-0.1, -0.05) is 78.9 Å². The van der Waals surface area contributed by atoms with E-state index in [0.29, 0.717) is 0 Å². The monoisotopic (exact) mass is 355 g/mol. The molecule has 0 radical (unpaired) electrons. The van der Waals surface area contributed by atoms with E-state index < -0.39 is 0 Å². The van der Waals surface area contributed by atoms with E-state index in [1.807, 2.05) is 55.5 Å². The molecule has 27 heavy (non-hydrogen) atoms. The molecule has 0 aromatic heterocycles. The fraction of sp³-hybridized carbons (Fsp3) is 0.160. The van der Waals surface area contributed by atoms with Crippen molar-refractivity contribution in [1.82, 2.24) is 4.90 Å². The van der Waals surface area contributed by atoms with Crippen LogP contribution in [0.3, 0.4) is 0 Å². The van der Waals surface area contributed by atoms with Gasteiger partial charge in [-0.3, -0.25) is 9.69 Å². The van der Waals surface area contributed by atoms with Crippen LogP contribution in [-0.4, -0.2) is 24.3 Å². The first-order valence-corrected chi connectivity index (χ1v) is 9.17. The van der Waals surface area contributed by atoms with Crippen molar-refractivity contribution < 1.29 is 4.79 Å². The fourth-order valence-corrected chi connectivity index (χ4v) is 3.24. The summed E-state index contributed by atoms with van der Waals surface area (Å²) in [6, 6.07) is 24.1. The number of nitrogens with zero attached hydrogens (tertiary/aromatic N) is 1. The highest BCUT2D eigenvalue weighted by molar-refractivity contribution is 6.10. The van der Waals surface area contributed by atoms with E-state index in [2.05, 4.69) is 48.9 Å². The van der Waals surface area contributed by atoms with Crippen molar-refractivity contribution in [1.29, 1.82) is 0 Å². The minimum absolute atomic E-state index is 0.0697. The average Bonchev–Trinajstić information content (AvgIpc) is 2.69. The summed E-state index contributed by atoms with van der Waals surface area (Å²) < 4.78 is 0. The Labute approximate surface area is 161 Å². The van der Waals surface area contributed by atoms with Gasteiger partial charge in [0.1, 0.15) is 0 Å². The minimum atomic E-state index is 0.0697. The smallest absolute Gasteiger partial charge is 0.193 e. The number of ketones is 1. The number of likely N-dealkylation sites (N-methyl/N-ethyl adjacent to an activating group) is 1. The third-order valence-electron chi connectivity index (χ3n) is 4.69. The van der Waals surface area contributed by atoms with Crippen LogP contribution in [-0.2, 0) is 6.54 Å². The summed E-state index contributed by atoms with van der Waals surface area (Å²) in [7, 11) is 2.08. The molecule has 0 atom stereocenters. The minimum Gasteiger partial charge on any atom is -0.298 e. The Hall–Kier alpha value is -2.97. The van der Waals surface area contributed by atoms with Crippen LogP contribution in [0.25, 0.3) is 11.1 Å². The number of carbonyl (C=O) groups is 1. The van der Waals surface area contributed by atoms with Crippen molar-refractivity contribution in [2.75, 3.05) is 13.6 Å². The molecule has 0 fully saturated rings. The molecule has 2 nitrogen and oxygen atoms in total. The van der Waals surface area contributed by atoms with Crippen LogP contribution in [0.2, 0.25) is 0 Å². The summed E-state index contributed by atoms with van der Waals surface area (Å²) >= 11 is 0. The second-order valence-electron chi connectivity index (χ2n) is 6.91. The molecule has 0 aliphatic carbocycles.